The minimum atomic E-state index is -3.34. The molecule has 1 aromatic heterocycles. The van der Waals surface area contributed by atoms with Gasteiger partial charge in [-0.2, -0.15) is 0 Å². The predicted octanol–water partition coefficient (Wildman–Crippen LogP) is 2.71. The molecule has 0 aliphatic rings. The van der Waals surface area contributed by atoms with Gasteiger partial charge in [-0.1, -0.05) is 12.1 Å². The number of hydrogen-bond donors (Lipinski definition) is 2. The summed E-state index contributed by atoms with van der Waals surface area (Å²) in [6.45, 7) is 0.313. The predicted molar refractivity (Wildman–Crippen MR) is 82.3 cm³/mol. The van der Waals surface area contributed by atoms with Crippen LogP contribution >= 0.6 is 27.3 Å². The molecule has 0 saturated carbocycles. The van der Waals surface area contributed by atoms with Crippen LogP contribution in [0.5, 0.6) is 0 Å². The fraction of sp³-hybridized carbons (Fsp3) is 0.167. The van der Waals surface area contributed by atoms with E-state index in [1.54, 1.807) is 24.3 Å². The van der Waals surface area contributed by atoms with E-state index in [9.17, 15) is 8.42 Å². The molecule has 19 heavy (non-hydrogen) atoms. The van der Waals surface area contributed by atoms with Gasteiger partial charge >= 0.3 is 0 Å². The van der Waals surface area contributed by atoms with E-state index >= 15 is 0 Å². The molecule has 0 unspecified atom stereocenters. The molecule has 0 amide bonds. The largest absolute Gasteiger partial charge is 0.399 e. The maximum Gasteiger partial charge on any atom is 0.216 e. The van der Waals surface area contributed by atoms with Gasteiger partial charge in [0.1, 0.15) is 0 Å². The van der Waals surface area contributed by atoms with Crippen LogP contribution in [0.1, 0.15) is 10.4 Å². The van der Waals surface area contributed by atoms with Crippen LogP contribution < -0.4 is 10.5 Å². The van der Waals surface area contributed by atoms with Crippen LogP contribution in [0.4, 0.5) is 5.69 Å². The summed E-state index contributed by atoms with van der Waals surface area (Å²) in [5.41, 5.74) is 6.90. The molecule has 0 atom stereocenters. The highest BCUT2D eigenvalue weighted by molar-refractivity contribution is 9.11. The van der Waals surface area contributed by atoms with Crippen LogP contribution in [0, 0.1) is 0 Å². The third-order valence-corrected chi connectivity index (χ3v) is 5.35. The molecule has 3 N–H and O–H groups in total. The molecule has 102 valence electrons. The number of halogens is 1. The topological polar surface area (TPSA) is 72.2 Å². The van der Waals surface area contributed by atoms with E-state index in [-0.39, 0.29) is 5.75 Å². The number of anilines is 1. The highest BCUT2D eigenvalue weighted by Gasteiger charge is 2.11. The number of hydrogen-bond acceptors (Lipinski definition) is 4. The van der Waals surface area contributed by atoms with Crippen LogP contribution in [-0.4, -0.2) is 8.42 Å². The van der Waals surface area contributed by atoms with Crippen LogP contribution in [0.15, 0.2) is 40.2 Å². The second-order valence-electron chi connectivity index (χ2n) is 4.03. The third kappa shape index (κ3) is 4.61. The zero-order chi connectivity index (χ0) is 13.9. The van der Waals surface area contributed by atoms with E-state index in [1.807, 2.05) is 12.1 Å². The maximum atomic E-state index is 11.9. The Morgan fingerprint density at radius 2 is 1.84 bits per heavy atom. The maximum absolute atomic E-state index is 11.9. The second kappa shape index (κ2) is 6.04. The van der Waals surface area contributed by atoms with Crippen molar-refractivity contribution in [2.24, 2.45) is 0 Å². The molecule has 0 aliphatic carbocycles. The highest BCUT2D eigenvalue weighted by Crippen LogP contribution is 2.22. The van der Waals surface area contributed by atoms with Crippen LogP contribution in [-0.2, 0) is 22.3 Å². The van der Waals surface area contributed by atoms with Gasteiger partial charge in [0.15, 0.2) is 0 Å². The smallest absolute Gasteiger partial charge is 0.216 e. The van der Waals surface area contributed by atoms with E-state index in [0.29, 0.717) is 17.8 Å². The van der Waals surface area contributed by atoms with Crippen molar-refractivity contribution < 1.29 is 8.42 Å². The van der Waals surface area contributed by atoms with Crippen molar-refractivity contribution in [3.63, 3.8) is 0 Å². The van der Waals surface area contributed by atoms with Crippen molar-refractivity contribution in [3.05, 3.63) is 50.6 Å². The first kappa shape index (κ1) is 14.5. The van der Waals surface area contributed by atoms with Gasteiger partial charge in [0.25, 0.3) is 0 Å². The van der Waals surface area contributed by atoms with Crippen molar-refractivity contribution >= 4 is 43.0 Å². The lowest BCUT2D eigenvalue weighted by Crippen LogP contribution is -2.24. The van der Waals surface area contributed by atoms with E-state index in [0.717, 1.165) is 8.66 Å². The number of nitrogen functional groups attached to an aromatic ring is 1. The van der Waals surface area contributed by atoms with Crippen LogP contribution in [0.2, 0.25) is 0 Å². The van der Waals surface area contributed by atoms with Crippen molar-refractivity contribution in [3.8, 4) is 0 Å². The summed E-state index contributed by atoms with van der Waals surface area (Å²) < 4.78 is 27.4. The summed E-state index contributed by atoms with van der Waals surface area (Å²) in [6.07, 6.45) is 0. The Bertz CT molecular complexity index is 651. The van der Waals surface area contributed by atoms with Gasteiger partial charge in [-0.15, -0.1) is 11.3 Å². The van der Waals surface area contributed by atoms with E-state index in [1.165, 1.54) is 11.3 Å². The Hall–Kier alpha value is -0.890. The average Bonchev–Trinajstić information content (AvgIpc) is 2.76. The normalized spacial score (nSPS) is 11.6. The first-order valence-corrected chi connectivity index (χ1v) is 8.77. The number of nitrogens with two attached hydrogens (primary N) is 1. The first-order valence-electron chi connectivity index (χ1n) is 5.50. The van der Waals surface area contributed by atoms with Gasteiger partial charge in [0.2, 0.25) is 10.0 Å². The fourth-order valence-electron chi connectivity index (χ4n) is 1.51. The Morgan fingerprint density at radius 3 is 2.42 bits per heavy atom. The average molecular weight is 361 g/mol. The lowest BCUT2D eigenvalue weighted by molar-refractivity contribution is 0.581. The second-order valence-corrected chi connectivity index (χ2v) is 8.38. The van der Waals surface area contributed by atoms with Gasteiger partial charge in [-0.3, -0.25) is 0 Å². The third-order valence-electron chi connectivity index (χ3n) is 2.43. The van der Waals surface area contributed by atoms with Crippen molar-refractivity contribution in [2.75, 3.05) is 5.73 Å². The van der Waals surface area contributed by atoms with E-state index in [4.69, 9.17) is 5.73 Å². The summed E-state index contributed by atoms with van der Waals surface area (Å²) in [7, 11) is -3.34. The molecule has 2 aromatic rings. The van der Waals surface area contributed by atoms with E-state index in [2.05, 4.69) is 20.7 Å². The summed E-state index contributed by atoms with van der Waals surface area (Å²) in [5.74, 6) is -0.0418. The summed E-state index contributed by atoms with van der Waals surface area (Å²) >= 11 is 4.85. The molecular formula is C12H13BrN2O2S2. The zero-order valence-corrected chi connectivity index (χ0v) is 13.2. The van der Waals surface area contributed by atoms with E-state index < -0.39 is 10.0 Å². The molecule has 7 heteroatoms. The molecule has 2 rings (SSSR count). The van der Waals surface area contributed by atoms with Crippen LogP contribution in [0.25, 0.3) is 0 Å². The summed E-state index contributed by atoms with van der Waals surface area (Å²) in [5, 5.41) is 0. The van der Waals surface area contributed by atoms with Gasteiger partial charge in [-0.05, 0) is 45.8 Å². The van der Waals surface area contributed by atoms with Gasteiger partial charge in [-0.25, -0.2) is 13.1 Å². The molecule has 0 saturated heterocycles. The SMILES string of the molecule is Nc1ccc(CS(=O)(=O)NCc2ccc(Br)s2)cc1. The summed E-state index contributed by atoms with van der Waals surface area (Å²) in [4.78, 5) is 0.966. The molecule has 0 fully saturated rings. The minimum Gasteiger partial charge on any atom is -0.399 e. The molecule has 0 bridgehead atoms. The molecule has 0 aliphatic heterocycles. The molecule has 1 heterocycles. The number of sulfonamides is 1. The van der Waals surface area contributed by atoms with Crippen molar-refractivity contribution in [2.45, 2.75) is 12.3 Å². The molecular weight excluding hydrogens is 348 g/mol. The number of benzene rings is 1. The number of rotatable bonds is 5. The summed E-state index contributed by atoms with van der Waals surface area (Å²) in [6, 6.07) is 10.6. The Kier molecular flexibility index (Phi) is 4.62. The lowest BCUT2D eigenvalue weighted by Gasteiger charge is -2.06. The monoisotopic (exact) mass is 360 g/mol. The highest BCUT2D eigenvalue weighted by atomic mass is 79.9. The van der Waals surface area contributed by atoms with Crippen molar-refractivity contribution in [1.82, 2.24) is 4.72 Å². The van der Waals surface area contributed by atoms with Gasteiger partial charge in [0, 0.05) is 17.1 Å². The minimum absolute atomic E-state index is 0.0418. The number of nitrogens with one attached hydrogen (secondary N) is 1. The van der Waals surface area contributed by atoms with Crippen LogP contribution in [0.3, 0.4) is 0 Å². The molecule has 0 radical (unpaired) electrons. The van der Waals surface area contributed by atoms with Gasteiger partial charge in [0.05, 0.1) is 9.54 Å². The van der Waals surface area contributed by atoms with Gasteiger partial charge < -0.3 is 5.73 Å². The standard InChI is InChI=1S/C12H13BrN2O2S2/c13-12-6-5-11(18-12)7-15-19(16,17)8-9-1-3-10(14)4-2-9/h1-6,15H,7-8,14H2. The lowest BCUT2D eigenvalue weighted by atomic mass is 10.2. The van der Waals surface area contributed by atoms with Crippen molar-refractivity contribution in [1.29, 1.82) is 0 Å². The molecule has 0 spiro atoms. The Morgan fingerprint density at radius 1 is 1.16 bits per heavy atom. The quantitative estimate of drug-likeness (QED) is 0.805. The number of thiophene rings is 1. The zero-order valence-electron chi connectivity index (χ0n) is 9.97. The molecule has 4 nitrogen and oxygen atoms in total. The fourth-order valence-corrected chi connectivity index (χ4v) is 4.14. The Balaban J connectivity index is 1.97. The first-order chi connectivity index (χ1) is 8.94. The Labute approximate surface area is 124 Å². The molecule has 1 aromatic carbocycles.